The number of Topliss-reactive ketones (excluding diaryl/α,β-unsaturated/α-hetero) is 1. The number of rotatable bonds is 5. The first-order chi connectivity index (χ1) is 10.4. The van der Waals surface area contributed by atoms with Crippen LogP contribution in [0.1, 0.15) is 39.0 Å². The van der Waals surface area contributed by atoms with Crippen LogP contribution in [-0.4, -0.2) is 43.9 Å². The highest BCUT2D eigenvalue weighted by Gasteiger charge is 2.26. The highest BCUT2D eigenvalue weighted by atomic mass is 32.2. The maximum absolute atomic E-state index is 12.6. The number of esters is 1. The first-order valence-corrected chi connectivity index (χ1v) is 7.57. The fraction of sp³-hybridized carbons (Fsp3) is 0.429. The number of nitrogens with one attached hydrogen (secondary N) is 1. The number of hydrogen-bond donors (Lipinski definition) is 1. The molecule has 0 amide bonds. The van der Waals surface area contributed by atoms with Gasteiger partial charge in [-0.3, -0.25) is 4.79 Å². The molecule has 0 saturated carbocycles. The number of H-pyrrole nitrogens is 1. The van der Waals surface area contributed by atoms with Crippen LogP contribution in [0, 0.1) is 13.8 Å². The van der Waals surface area contributed by atoms with Crippen LogP contribution in [0.5, 0.6) is 0 Å². The van der Waals surface area contributed by atoms with Crippen molar-refractivity contribution in [3.63, 3.8) is 0 Å². The molecule has 0 aliphatic rings. The third kappa shape index (κ3) is 2.92. The number of thioether (sulfide) groups is 1. The second-order valence-corrected chi connectivity index (χ2v) is 6.27. The van der Waals surface area contributed by atoms with Gasteiger partial charge in [0.25, 0.3) is 0 Å². The Morgan fingerprint density at radius 2 is 2.09 bits per heavy atom. The van der Waals surface area contributed by atoms with Crippen molar-refractivity contribution in [2.75, 3.05) is 7.11 Å². The van der Waals surface area contributed by atoms with Crippen LogP contribution in [-0.2, 0) is 11.8 Å². The minimum absolute atomic E-state index is 0.0937. The van der Waals surface area contributed by atoms with E-state index >= 15 is 0 Å². The van der Waals surface area contributed by atoms with Crippen LogP contribution in [0.25, 0.3) is 0 Å². The Balaban J connectivity index is 2.26. The Morgan fingerprint density at radius 3 is 2.64 bits per heavy atom. The van der Waals surface area contributed by atoms with E-state index < -0.39 is 5.97 Å². The van der Waals surface area contributed by atoms with Crippen molar-refractivity contribution in [2.45, 2.75) is 31.2 Å². The zero-order valence-electron chi connectivity index (χ0n) is 13.1. The van der Waals surface area contributed by atoms with Crippen LogP contribution in [0.4, 0.5) is 0 Å². The van der Waals surface area contributed by atoms with Gasteiger partial charge in [0.05, 0.1) is 23.6 Å². The molecule has 2 aromatic heterocycles. The summed E-state index contributed by atoms with van der Waals surface area (Å²) in [5, 5.41) is 8.05. The van der Waals surface area contributed by atoms with E-state index in [9.17, 15) is 9.59 Å². The lowest BCUT2D eigenvalue weighted by Gasteiger charge is -2.09. The summed E-state index contributed by atoms with van der Waals surface area (Å²) in [7, 11) is 3.14. The average Bonchev–Trinajstić information content (AvgIpc) is 3.01. The number of hydrogen-bond acceptors (Lipinski definition) is 6. The van der Waals surface area contributed by atoms with Gasteiger partial charge in [0.1, 0.15) is 6.33 Å². The number of ether oxygens (including phenoxy) is 1. The molecule has 7 nitrogen and oxygen atoms in total. The zero-order chi connectivity index (χ0) is 16.4. The molecule has 22 heavy (non-hydrogen) atoms. The van der Waals surface area contributed by atoms with Gasteiger partial charge in [0.2, 0.25) is 0 Å². The molecule has 1 atom stereocenters. The lowest BCUT2D eigenvalue weighted by molar-refractivity contribution is 0.0599. The van der Waals surface area contributed by atoms with Gasteiger partial charge < -0.3 is 14.3 Å². The monoisotopic (exact) mass is 322 g/mol. The van der Waals surface area contributed by atoms with Crippen molar-refractivity contribution in [2.24, 2.45) is 7.05 Å². The zero-order valence-corrected chi connectivity index (χ0v) is 13.9. The summed E-state index contributed by atoms with van der Waals surface area (Å²) in [6.07, 6.45) is 1.58. The predicted molar refractivity (Wildman–Crippen MR) is 82.3 cm³/mol. The van der Waals surface area contributed by atoms with Gasteiger partial charge in [0, 0.05) is 12.7 Å². The molecule has 2 rings (SSSR count). The van der Waals surface area contributed by atoms with Crippen molar-refractivity contribution in [1.82, 2.24) is 19.7 Å². The maximum atomic E-state index is 12.6. The summed E-state index contributed by atoms with van der Waals surface area (Å²) in [5.74, 6) is -0.539. The summed E-state index contributed by atoms with van der Waals surface area (Å²) in [4.78, 5) is 27.4. The molecule has 0 radical (unpaired) electrons. The summed E-state index contributed by atoms with van der Waals surface area (Å²) in [5.41, 5.74) is 2.09. The third-order valence-corrected chi connectivity index (χ3v) is 4.54. The Kier molecular flexibility index (Phi) is 4.70. The molecular formula is C14H18N4O3S. The van der Waals surface area contributed by atoms with E-state index in [2.05, 4.69) is 15.2 Å². The minimum atomic E-state index is -0.445. The van der Waals surface area contributed by atoms with Gasteiger partial charge in [-0.25, -0.2) is 4.79 Å². The van der Waals surface area contributed by atoms with Gasteiger partial charge in [-0.15, -0.1) is 10.2 Å². The number of carbonyl (C=O) groups excluding carboxylic acids is 2. The highest BCUT2D eigenvalue weighted by Crippen LogP contribution is 2.26. The van der Waals surface area contributed by atoms with Crippen molar-refractivity contribution < 1.29 is 14.3 Å². The Labute approximate surface area is 132 Å². The van der Waals surface area contributed by atoms with E-state index in [0.717, 1.165) is 0 Å². The molecule has 8 heteroatoms. The lowest BCUT2D eigenvalue weighted by atomic mass is 10.1. The molecular weight excluding hydrogens is 304 g/mol. The molecule has 0 aliphatic carbocycles. The summed E-state index contributed by atoms with van der Waals surface area (Å²) >= 11 is 1.32. The number of carbonyl (C=O) groups is 2. The van der Waals surface area contributed by atoms with Crippen molar-refractivity contribution in [1.29, 1.82) is 0 Å². The molecule has 2 heterocycles. The first kappa shape index (κ1) is 16.3. The minimum Gasteiger partial charge on any atom is -0.465 e. The van der Waals surface area contributed by atoms with E-state index in [0.29, 0.717) is 27.7 Å². The smallest absolute Gasteiger partial charge is 0.339 e. The van der Waals surface area contributed by atoms with Crippen molar-refractivity contribution in [3.05, 3.63) is 28.8 Å². The van der Waals surface area contributed by atoms with Crippen LogP contribution in [0.15, 0.2) is 11.5 Å². The average molecular weight is 322 g/mol. The first-order valence-electron chi connectivity index (χ1n) is 6.69. The van der Waals surface area contributed by atoms with Crippen LogP contribution >= 0.6 is 11.8 Å². The highest BCUT2D eigenvalue weighted by molar-refractivity contribution is 8.00. The Bertz CT molecular complexity index is 720. The van der Waals surface area contributed by atoms with Gasteiger partial charge in [-0.05, 0) is 26.3 Å². The lowest BCUT2D eigenvalue weighted by Crippen LogP contribution is -2.16. The number of nitrogens with zero attached hydrogens (tertiary/aromatic N) is 3. The quantitative estimate of drug-likeness (QED) is 0.514. The van der Waals surface area contributed by atoms with Crippen molar-refractivity contribution >= 4 is 23.5 Å². The number of ketones is 1. The van der Waals surface area contributed by atoms with Crippen molar-refractivity contribution in [3.8, 4) is 0 Å². The standard InChI is InChI=1S/C14H18N4O3S/c1-7-10(13(20)21-5)8(2)16-11(7)12(19)9(3)22-14-17-15-6-18(14)4/h6,9,16H,1-5H3. The molecule has 0 fully saturated rings. The maximum Gasteiger partial charge on any atom is 0.339 e. The normalized spacial score (nSPS) is 12.2. The number of aromatic nitrogens is 4. The van der Waals surface area contributed by atoms with Crippen LogP contribution in [0.3, 0.4) is 0 Å². The molecule has 0 bridgehead atoms. The summed E-state index contributed by atoms with van der Waals surface area (Å²) in [6.45, 7) is 5.29. The summed E-state index contributed by atoms with van der Waals surface area (Å²) < 4.78 is 6.51. The molecule has 0 saturated heterocycles. The van der Waals surface area contributed by atoms with Gasteiger partial charge in [-0.2, -0.15) is 0 Å². The van der Waals surface area contributed by atoms with E-state index in [4.69, 9.17) is 4.74 Å². The molecule has 0 spiro atoms. The molecule has 0 aromatic carbocycles. The fourth-order valence-electron chi connectivity index (χ4n) is 2.20. The molecule has 1 unspecified atom stereocenters. The van der Waals surface area contributed by atoms with E-state index in [1.165, 1.54) is 18.9 Å². The van der Waals surface area contributed by atoms with E-state index in [1.807, 2.05) is 7.05 Å². The van der Waals surface area contributed by atoms with Crippen LogP contribution < -0.4 is 0 Å². The fourth-order valence-corrected chi connectivity index (χ4v) is 3.05. The van der Waals surface area contributed by atoms with Gasteiger partial charge in [-0.1, -0.05) is 11.8 Å². The molecule has 118 valence electrons. The second-order valence-electron chi connectivity index (χ2n) is 4.97. The Morgan fingerprint density at radius 1 is 1.41 bits per heavy atom. The molecule has 0 aliphatic heterocycles. The van der Waals surface area contributed by atoms with Crippen LogP contribution in [0.2, 0.25) is 0 Å². The Hall–Kier alpha value is -2.09. The molecule has 2 aromatic rings. The number of methoxy groups -OCH3 is 1. The van der Waals surface area contributed by atoms with Gasteiger partial charge in [0.15, 0.2) is 10.9 Å². The second kappa shape index (κ2) is 6.35. The van der Waals surface area contributed by atoms with E-state index in [1.54, 1.807) is 31.7 Å². The SMILES string of the molecule is COC(=O)c1c(C)[nH]c(C(=O)C(C)Sc2nncn2C)c1C. The largest absolute Gasteiger partial charge is 0.465 e. The summed E-state index contributed by atoms with van der Waals surface area (Å²) in [6, 6.07) is 0. The topological polar surface area (TPSA) is 89.9 Å². The van der Waals surface area contributed by atoms with E-state index in [-0.39, 0.29) is 11.0 Å². The molecule has 1 N–H and O–H groups in total. The number of aryl methyl sites for hydroxylation is 2. The predicted octanol–water partition coefficient (Wildman–Crippen LogP) is 1.91. The third-order valence-electron chi connectivity index (χ3n) is 3.39. The van der Waals surface area contributed by atoms with Gasteiger partial charge >= 0.3 is 5.97 Å². The number of aromatic amines is 1.